The van der Waals surface area contributed by atoms with Gasteiger partial charge in [-0.2, -0.15) is 0 Å². The summed E-state index contributed by atoms with van der Waals surface area (Å²) in [6.45, 7) is 6.12. The first-order chi connectivity index (χ1) is 32.9. The summed E-state index contributed by atoms with van der Waals surface area (Å²) in [5.74, 6) is 0.596. The average molecular weight is 933 g/mol. The molecule has 2 aliphatic heterocycles. The maximum absolute atomic E-state index is 15.3. The van der Waals surface area contributed by atoms with Gasteiger partial charge in [0.2, 0.25) is 11.8 Å². The molecule has 4 atom stereocenters. The highest BCUT2D eigenvalue weighted by Crippen LogP contribution is 2.41. The molecule has 356 valence electrons. The zero-order valence-electron chi connectivity index (χ0n) is 38.1. The highest BCUT2D eigenvalue weighted by molar-refractivity contribution is 6.01. The molecule has 0 unspecified atom stereocenters. The fourth-order valence-electron chi connectivity index (χ4n) is 9.50. The number of carbonyl (C=O) groups is 2. The van der Waals surface area contributed by atoms with Crippen LogP contribution in [0.25, 0.3) is 43.8 Å². The molecule has 2 fully saturated rings. The number of aromatic nitrogens is 4. The fourth-order valence-corrected chi connectivity index (χ4v) is 9.50. The second-order valence-corrected chi connectivity index (χ2v) is 17.2. The summed E-state index contributed by atoms with van der Waals surface area (Å²) in [6, 6.07) is 5.94. The standard InChI is InChI=1S/2C24H27FN6O3/c2*1-12-15(10-29-23-22(12)27-6-7-34-23)14-8-13-9-19(28-11-16(13)21(26)20(14)25)31-24(32)30-17-4-3-5-18(17)33-2/h2*8-11,17-18,27H,3-7,26H2,1-2H3,(H2,28,30,31,32)/t2*17-,18+/m10/s1. The number of rotatable bonds is 8. The Hall–Kier alpha value is -7.32. The number of nitrogens with zero attached hydrogens (tertiary/aromatic N) is 4. The Labute approximate surface area is 390 Å². The van der Waals surface area contributed by atoms with Crippen molar-refractivity contribution in [2.45, 2.75) is 76.7 Å². The minimum atomic E-state index is -0.541. The quantitative estimate of drug-likeness (QED) is 0.0684. The average Bonchev–Trinajstić information content (AvgIpc) is 4.00. The monoisotopic (exact) mass is 932 g/mol. The molecule has 68 heavy (non-hydrogen) atoms. The van der Waals surface area contributed by atoms with Crippen molar-refractivity contribution in [1.82, 2.24) is 30.6 Å². The van der Waals surface area contributed by atoms with Gasteiger partial charge in [0, 0.05) is 85.1 Å². The zero-order valence-corrected chi connectivity index (χ0v) is 38.1. The molecule has 2 saturated carbocycles. The number of nitrogens with two attached hydrogens (primary N) is 2. The largest absolute Gasteiger partial charge is 0.474 e. The van der Waals surface area contributed by atoms with E-state index in [9.17, 15) is 9.59 Å². The summed E-state index contributed by atoms with van der Waals surface area (Å²) in [5.41, 5.74) is 17.3. The summed E-state index contributed by atoms with van der Waals surface area (Å²) in [6.07, 6.45) is 11.7. The lowest BCUT2D eigenvalue weighted by Crippen LogP contribution is -2.43. The number of methoxy groups -OCH3 is 2. The number of fused-ring (bicyclic) bond motifs is 4. The maximum atomic E-state index is 15.3. The van der Waals surface area contributed by atoms with Crippen molar-refractivity contribution >= 4 is 68.0 Å². The molecular weight excluding hydrogens is 879 g/mol. The highest BCUT2D eigenvalue weighted by Gasteiger charge is 2.30. The Kier molecular flexibility index (Phi) is 13.1. The third-order valence-electron chi connectivity index (χ3n) is 13.1. The van der Waals surface area contributed by atoms with Crippen LogP contribution in [0.3, 0.4) is 0 Å². The van der Waals surface area contributed by atoms with Crippen LogP contribution in [0.4, 0.5) is 52.8 Å². The minimum absolute atomic E-state index is 0.00813. The van der Waals surface area contributed by atoms with E-state index >= 15 is 8.78 Å². The summed E-state index contributed by atoms with van der Waals surface area (Å²) in [7, 11) is 3.30. The van der Waals surface area contributed by atoms with E-state index in [0.29, 0.717) is 93.5 Å². The number of carbonyl (C=O) groups excluding carboxylic acids is 2. The number of nitrogen functional groups attached to an aromatic ring is 2. The summed E-state index contributed by atoms with van der Waals surface area (Å²) in [5, 5.41) is 20.2. The second-order valence-electron chi connectivity index (χ2n) is 17.2. The van der Waals surface area contributed by atoms with E-state index in [4.69, 9.17) is 30.4 Å². The van der Waals surface area contributed by atoms with Gasteiger partial charge in [-0.3, -0.25) is 10.6 Å². The van der Waals surface area contributed by atoms with Crippen LogP contribution in [0.15, 0.2) is 49.1 Å². The first-order valence-electron chi connectivity index (χ1n) is 22.6. The van der Waals surface area contributed by atoms with Gasteiger partial charge in [0.05, 0.1) is 35.7 Å². The Morgan fingerprint density at radius 3 is 1.47 bits per heavy atom. The van der Waals surface area contributed by atoms with Crippen LogP contribution in [-0.2, 0) is 9.47 Å². The number of anilines is 6. The van der Waals surface area contributed by atoms with Crippen molar-refractivity contribution < 1.29 is 37.3 Å². The summed E-state index contributed by atoms with van der Waals surface area (Å²) in [4.78, 5) is 42.2. The van der Waals surface area contributed by atoms with Crippen LogP contribution in [0, 0.1) is 25.5 Å². The number of halogens is 2. The van der Waals surface area contributed by atoms with Crippen LogP contribution in [0.1, 0.15) is 49.7 Å². The molecule has 4 amide bonds. The number of benzene rings is 2. The minimum Gasteiger partial charge on any atom is -0.474 e. The summed E-state index contributed by atoms with van der Waals surface area (Å²) >= 11 is 0. The van der Waals surface area contributed by atoms with E-state index in [0.717, 1.165) is 61.0 Å². The predicted molar refractivity (Wildman–Crippen MR) is 257 cm³/mol. The number of urea groups is 2. The van der Waals surface area contributed by atoms with Gasteiger partial charge in [-0.05, 0) is 98.5 Å². The topological polar surface area (TPSA) is 247 Å². The fraction of sp³-hybridized carbons (Fsp3) is 0.375. The SMILES string of the molecule is CO[C@@H]1CCC[C@@H]1NC(=O)Nc1cc2cc(-c3cnc4c(c3C)NCCO4)c(F)c(N)c2cn1.CO[C@H]1CCC[C@H]1NC(=O)Nc1cc2cc(-c3cnc4c(c3C)NCCO4)c(F)c(N)c2cn1. The van der Waals surface area contributed by atoms with Gasteiger partial charge in [-0.15, -0.1) is 0 Å². The molecule has 4 aromatic heterocycles. The lowest BCUT2D eigenvalue weighted by Gasteiger charge is -2.22. The summed E-state index contributed by atoms with van der Waals surface area (Å²) < 4.78 is 52.6. The van der Waals surface area contributed by atoms with Crippen molar-refractivity contribution in [3.8, 4) is 34.0 Å². The Morgan fingerprint density at radius 2 is 1.06 bits per heavy atom. The molecule has 2 aromatic carbocycles. The van der Waals surface area contributed by atoms with Gasteiger partial charge in [-0.25, -0.2) is 38.3 Å². The van der Waals surface area contributed by atoms with Crippen molar-refractivity contribution in [1.29, 1.82) is 0 Å². The van der Waals surface area contributed by atoms with Crippen molar-refractivity contribution in [3.63, 3.8) is 0 Å². The van der Waals surface area contributed by atoms with E-state index in [1.807, 2.05) is 13.8 Å². The van der Waals surface area contributed by atoms with Crippen LogP contribution >= 0.6 is 0 Å². The van der Waals surface area contributed by atoms with E-state index < -0.39 is 11.6 Å². The lowest BCUT2D eigenvalue weighted by molar-refractivity contribution is 0.0882. The van der Waals surface area contributed by atoms with Crippen molar-refractivity contribution in [3.05, 3.63) is 71.8 Å². The van der Waals surface area contributed by atoms with E-state index in [2.05, 4.69) is 51.8 Å². The van der Waals surface area contributed by atoms with Gasteiger partial charge in [0.15, 0.2) is 11.6 Å². The van der Waals surface area contributed by atoms with Crippen LogP contribution in [-0.4, -0.2) is 96.8 Å². The molecule has 4 aliphatic rings. The smallest absolute Gasteiger partial charge is 0.320 e. The Morgan fingerprint density at radius 1 is 0.632 bits per heavy atom. The number of ether oxygens (including phenoxy) is 4. The van der Waals surface area contributed by atoms with Crippen molar-refractivity contribution in [2.75, 3.05) is 73.3 Å². The molecule has 6 aromatic rings. The number of nitrogens with one attached hydrogen (secondary N) is 6. The Balaban J connectivity index is 0.000000170. The van der Waals surface area contributed by atoms with Gasteiger partial charge >= 0.3 is 12.1 Å². The van der Waals surface area contributed by atoms with Crippen LogP contribution < -0.4 is 52.8 Å². The Bertz CT molecular complexity index is 2730. The second kappa shape index (κ2) is 19.5. The molecule has 0 radical (unpaired) electrons. The number of amides is 4. The van der Waals surface area contributed by atoms with Gasteiger partial charge < -0.3 is 51.7 Å². The molecule has 10 N–H and O–H groups in total. The molecule has 0 saturated heterocycles. The number of hydrogen-bond acceptors (Lipinski definition) is 14. The lowest BCUT2D eigenvalue weighted by atomic mass is 9.97. The number of pyridine rings is 4. The maximum Gasteiger partial charge on any atom is 0.320 e. The molecule has 20 heteroatoms. The van der Waals surface area contributed by atoms with E-state index in [-0.39, 0.29) is 47.7 Å². The molecule has 2 aliphatic carbocycles. The zero-order chi connectivity index (χ0) is 47.6. The molecule has 18 nitrogen and oxygen atoms in total. The van der Waals surface area contributed by atoms with Crippen LogP contribution in [0.2, 0.25) is 0 Å². The normalized spacial score (nSPS) is 19.3. The van der Waals surface area contributed by atoms with Gasteiger partial charge in [0.1, 0.15) is 36.2 Å². The molecule has 0 spiro atoms. The van der Waals surface area contributed by atoms with Gasteiger partial charge in [-0.1, -0.05) is 0 Å². The predicted octanol–water partition coefficient (Wildman–Crippen LogP) is 7.64. The van der Waals surface area contributed by atoms with E-state index in [1.165, 1.54) is 12.4 Å². The first-order valence-corrected chi connectivity index (χ1v) is 22.6. The molecule has 6 heterocycles. The van der Waals surface area contributed by atoms with E-state index in [1.54, 1.807) is 50.9 Å². The molecule has 10 rings (SSSR count). The van der Waals surface area contributed by atoms with Gasteiger partial charge in [0.25, 0.3) is 0 Å². The third kappa shape index (κ3) is 9.07. The van der Waals surface area contributed by atoms with Crippen LogP contribution in [0.5, 0.6) is 11.8 Å². The first kappa shape index (κ1) is 45.8. The third-order valence-corrected chi connectivity index (χ3v) is 13.1. The number of hydrogen-bond donors (Lipinski definition) is 8. The van der Waals surface area contributed by atoms with Crippen molar-refractivity contribution in [2.24, 2.45) is 0 Å². The molecule has 0 bridgehead atoms. The molecular formula is C48H54F2N12O6. The highest BCUT2D eigenvalue weighted by atomic mass is 19.1.